The third-order valence-corrected chi connectivity index (χ3v) is 5.67. The van der Waals surface area contributed by atoms with Gasteiger partial charge in [-0.25, -0.2) is 9.78 Å². The minimum Gasteiger partial charge on any atom is -0.451 e. The van der Waals surface area contributed by atoms with E-state index in [9.17, 15) is 14.4 Å². The molecule has 0 spiro atoms. The van der Waals surface area contributed by atoms with E-state index in [0.717, 1.165) is 22.5 Å². The van der Waals surface area contributed by atoms with Crippen LogP contribution in [0.5, 0.6) is 0 Å². The first-order valence-electron chi connectivity index (χ1n) is 10.3. The average Bonchev–Trinajstić information content (AvgIpc) is 3.24. The molecule has 0 aliphatic carbocycles. The first kappa shape index (κ1) is 24.1. The second kappa shape index (κ2) is 10.8. The summed E-state index contributed by atoms with van der Waals surface area (Å²) < 4.78 is 6.92. The Kier molecular flexibility index (Phi) is 7.89. The number of aromatic nitrogens is 2. The first-order chi connectivity index (χ1) is 15.8. The van der Waals surface area contributed by atoms with Gasteiger partial charge < -0.3 is 15.0 Å². The molecule has 3 rings (SSSR count). The Labute approximate surface area is 196 Å². The number of rotatable bonds is 8. The van der Waals surface area contributed by atoms with Gasteiger partial charge in [-0.2, -0.15) is 0 Å². The molecule has 0 saturated heterocycles. The van der Waals surface area contributed by atoms with E-state index in [1.807, 2.05) is 68.6 Å². The summed E-state index contributed by atoms with van der Waals surface area (Å²) in [6.07, 6.45) is 3.28. The maximum Gasteiger partial charge on any atom is 0.357 e. The molecule has 0 aliphatic heterocycles. The molecular formula is C24H26N4O4S. The van der Waals surface area contributed by atoms with Gasteiger partial charge >= 0.3 is 5.97 Å². The lowest BCUT2D eigenvalue weighted by atomic mass is 10.1. The summed E-state index contributed by atoms with van der Waals surface area (Å²) in [5, 5.41) is 3.46. The van der Waals surface area contributed by atoms with E-state index in [4.69, 9.17) is 4.74 Å². The molecule has 0 fully saturated rings. The van der Waals surface area contributed by atoms with Gasteiger partial charge in [0.25, 0.3) is 5.91 Å². The third-order valence-electron chi connectivity index (χ3n) is 5.01. The lowest BCUT2D eigenvalue weighted by Gasteiger charge is -2.18. The summed E-state index contributed by atoms with van der Waals surface area (Å²) in [7, 11) is 1.49. The van der Waals surface area contributed by atoms with Gasteiger partial charge in [-0.3, -0.25) is 14.2 Å². The number of thioether (sulfide) groups is 1. The zero-order valence-corrected chi connectivity index (χ0v) is 19.8. The molecule has 0 saturated carbocycles. The van der Waals surface area contributed by atoms with Crippen molar-refractivity contribution in [1.29, 1.82) is 0 Å². The van der Waals surface area contributed by atoms with Crippen LogP contribution in [-0.2, 0) is 14.3 Å². The molecule has 0 atom stereocenters. The van der Waals surface area contributed by atoms with Crippen LogP contribution in [0.2, 0.25) is 0 Å². The van der Waals surface area contributed by atoms with Crippen LogP contribution in [0.1, 0.15) is 21.6 Å². The van der Waals surface area contributed by atoms with Crippen LogP contribution in [0.15, 0.2) is 59.9 Å². The van der Waals surface area contributed by atoms with Gasteiger partial charge in [0.1, 0.15) is 0 Å². The Balaban J connectivity index is 1.60. The fourth-order valence-electron chi connectivity index (χ4n) is 3.26. The predicted molar refractivity (Wildman–Crippen MR) is 128 cm³/mol. The van der Waals surface area contributed by atoms with Gasteiger partial charge in [0.05, 0.1) is 12.7 Å². The minimum atomic E-state index is -0.673. The number of aryl methyl sites for hydroxylation is 2. The van der Waals surface area contributed by atoms with Crippen molar-refractivity contribution in [2.45, 2.75) is 19.0 Å². The molecule has 1 N–H and O–H groups in total. The summed E-state index contributed by atoms with van der Waals surface area (Å²) in [5.74, 6) is -1.49. The molecule has 1 heterocycles. The fourth-order valence-corrected chi connectivity index (χ4v) is 3.80. The minimum absolute atomic E-state index is 0.164. The van der Waals surface area contributed by atoms with Crippen LogP contribution < -0.4 is 5.32 Å². The number of amides is 2. The average molecular weight is 467 g/mol. The predicted octanol–water partition coefficient (Wildman–Crippen LogP) is 3.46. The smallest absolute Gasteiger partial charge is 0.357 e. The van der Waals surface area contributed by atoms with Crippen LogP contribution in [0.4, 0.5) is 5.69 Å². The van der Waals surface area contributed by atoms with Gasteiger partial charge in [0.15, 0.2) is 17.5 Å². The number of carbonyl (C=O) groups is 3. The van der Waals surface area contributed by atoms with E-state index in [1.54, 1.807) is 4.57 Å². The van der Waals surface area contributed by atoms with E-state index >= 15 is 0 Å². The van der Waals surface area contributed by atoms with Crippen molar-refractivity contribution < 1.29 is 19.1 Å². The van der Waals surface area contributed by atoms with Crippen molar-refractivity contribution in [2.75, 3.05) is 31.8 Å². The van der Waals surface area contributed by atoms with Crippen molar-refractivity contribution in [3.63, 3.8) is 0 Å². The Bertz CT molecular complexity index is 1140. The first-order valence-corrected chi connectivity index (χ1v) is 11.5. The summed E-state index contributed by atoms with van der Waals surface area (Å²) in [6, 6.07) is 15.0. The van der Waals surface area contributed by atoms with E-state index < -0.39 is 18.5 Å². The topological polar surface area (TPSA) is 93.5 Å². The number of hydrogen-bond acceptors (Lipinski definition) is 6. The summed E-state index contributed by atoms with van der Waals surface area (Å²) >= 11 is 1.39. The Hall–Kier alpha value is -3.59. The summed E-state index contributed by atoms with van der Waals surface area (Å²) in [6.45, 7) is 3.16. The van der Waals surface area contributed by atoms with Gasteiger partial charge in [-0.05, 0) is 43.4 Å². The number of imidazole rings is 1. The molecule has 3 aromatic rings. The van der Waals surface area contributed by atoms with Crippen molar-refractivity contribution >= 4 is 35.2 Å². The number of esters is 1. The number of anilines is 1. The maximum atomic E-state index is 12.7. The molecular weight excluding hydrogens is 440 g/mol. The highest BCUT2D eigenvalue weighted by Crippen LogP contribution is 2.22. The molecule has 9 heteroatoms. The highest BCUT2D eigenvalue weighted by atomic mass is 32.2. The monoisotopic (exact) mass is 466 g/mol. The molecule has 1 aromatic heterocycles. The molecule has 0 radical (unpaired) electrons. The van der Waals surface area contributed by atoms with Crippen LogP contribution in [0.3, 0.4) is 0 Å². The number of carbonyl (C=O) groups excluding carboxylic acids is 3. The van der Waals surface area contributed by atoms with E-state index in [2.05, 4.69) is 10.3 Å². The highest BCUT2D eigenvalue weighted by molar-refractivity contribution is 7.98. The quantitative estimate of drug-likeness (QED) is 0.404. The van der Waals surface area contributed by atoms with Gasteiger partial charge in [0, 0.05) is 18.4 Å². The Morgan fingerprint density at radius 1 is 1.06 bits per heavy atom. The van der Waals surface area contributed by atoms with E-state index in [0.29, 0.717) is 5.16 Å². The Morgan fingerprint density at radius 3 is 2.36 bits per heavy atom. The van der Waals surface area contributed by atoms with Crippen LogP contribution in [-0.4, -0.2) is 58.7 Å². The highest BCUT2D eigenvalue weighted by Gasteiger charge is 2.21. The van der Waals surface area contributed by atoms with E-state index in [1.165, 1.54) is 29.9 Å². The number of nitrogens with one attached hydrogen (secondary N) is 1. The SMILES string of the molecule is CSc1ncc(C(=O)OCC(=O)N(C)CC(=O)Nc2c(C)cccc2C)n1-c1ccccc1. The second-order valence-electron chi connectivity index (χ2n) is 7.44. The summed E-state index contributed by atoms with van der Waals surface area (Å²) in [4.78, 5) is 43.0. The van der Waals surface area contributed by atoms with Gasteiger partial charge in [-0.15, -0.1) is 0 Å². The second-order valence-corrected chi connectivity index (χ2v) is 8.22. The lowest BCUT2D eigenvalue weighted by Crippen LogP contribution is -2.37. The lowest BCUT2D eigenvalue weighted by molar-refractivity contribution is -0.136. The standard InChI is InChI=1S/C24H26N4O4S/c1-16-9-8-10-17(2)22(16)26-20(29)14-27(3)21(30)15-32-23(31)19-13-25-24(33-4)28(19)18-11-6-5-7-12-18/h5-13H,14-15H2,1-4H3,(H,26,29). The molecule has 0 unspecified atom stereocenters. The number of ether oxygens (including phenoxy) is 1. The van der Waals surface area contributed by atoms with Gasteiger partial charge in [0.2, 0.25) is 5.91 Å². The molecule has 33 heavy (non-hydrogen) atoms. The van der Waals surface area contributed by atoms with Crippen LogP contribution in [0.25, 0.3) is 5.69 Å². The van der Waals surface area contributed by atoms with Crippen molar-refractivity contribution in [2.24, 2.45) is 0 Å². The maximum absolute atomic E-state index is 12.7. The van der Waals surface area contributed by atoms with E-state index in [-0.39, 0.29) is 18.1 Å². The fraction of sp³-hybridized carbons (Fsp3) is 0.250. The van der Waals surface area contributed by atoms with Crippen LogP contribution >= 0.6 is 11.8 Å². The van der Waals surface area contributed by atoms with Crippen molar-refractivity contribution in [1.82, 2.24) is 14.5 Å². The zero-order chi connectivity index (χ0) is 24.0. The molecule has 172 valence electrons. The summed E-state index contributed by atoms with van der Waals surface area (Å²) in [5.41, 5.74) is 3.58. The van der Waals surface area contributed by atoms with Crippen LogP contribution in [0, 0.1) is 13.8 Å². The number of para-hydroxylation sites is 2. The zero-order valence-electron chi connectivity index (χ0n) is 19.0. The largest absolute Gasteiger partial charge is 0.451 e. The number of benzene rings is 2. The normalized spacial score (nSPS) is 10.5. The molecule has 2 amide bonds. The molecule has 8 nitrogen and oxygen atoms in total. The number of hydrogen-bond donors (Lipinski definition) is 1. The molecule has 0 aliphatic rings. The number of nitrogens with zero attached hydrogens (tertiary/aromatic N) is 3. The molecule has 2 aromatic carbocycles. The van der Waals surface area contributed by atoms with Crippen molar-refractivity contribution in [3.8, 4) is 5.69 Å². The molecule has 0 bridgehead atoms. The van der Waals surface area contributed by atoms with Gasteiger partial charge in [-0.1, -0.05) is 48.2 Å². The Morgan fingerprint density at radius 2 is 1.73 bits per heavy atom. The third kappa shape index (κ3) is 5.81. The number of likely N-dealkylation sites (N-methyl/N-ethyl adjacent to an activating group) is 1. The van der Waals surface area contributed by atoms with Crippen molar-refractivity contribution in [3.05, 3.63) is 71.5 Å².